The smallest absolute Gasteiger partial charge is 0.327 e. The largest absolute Gasteiger partial charge is 0.480 e. The Labute approximate surface area is 109 Å². The van der Waals surface area contributed by atoms with Crippen LogP contribution in [0.3, 0.4) is 0 Å². The number of ether oxygens (including phenoxy) is 2. The maximum Gasteiger partial charge on any atom is 0.327 e. The van der Waals surface area contributed by atoms with Crippen molar-refractivity contribution < 1.29 is 24.2 Å². The second-order valence-corrected chi connectivity index (χ2v) is 5.08. The van der Waals surface area contributed by atoms with Crippen molar-refractivity contribution >= 4 is 23.8 Å². The first-order valence-corrected chi connectivity index (χ1v) is 6.88. The van der Waals surface area contributed by atoms with Crippen LogP contribution in [0.4, 0.5) is 4.79 Å². The van der Waals surface area contributed by atoms with Crippen LogP contribution in [0.1, 0.15) is 0 Å². The molecular weight excluding hydrogens is 260 g/mol. The van der Waals surface area contributed by atoms with Gasteiger partial charge in [0.2, 0.25) is 0 Å². The molecule has 7 nitrogen and oxygen atoms in total. The lowest BCUT2D eigenvalue weighted by atomic mass is 10.3. The van der Waals surface area contributed by atoms with Crippen molar-refractivity contribution in [3.05, 3.63) is 0 Å². The van der Waals surface area contributed by atoms with E-state index < -0.39 is 12.0 Å². The fourth-order valence-corrected chi connectivity index (χ4v) is 2.95. The summed E-state index contributed by atoms with van der Waals surface area (Å²) in [5, 5.41) is 11.7. The molecule has 0 saturated carbocycles. The van der Waals surface area contributed by atoms with Crippen molar-refractivity contribution in [1.29, 1.82) is 0 Å². The molecule has 2 aliphatic heterocycles. The maximum absolute atomic E-state index is 11.8. The van der Waals surface area contributed by atoms with Crippen LogP contribution in [-0.2, 0) is 14.3 Å². The molecule has 2 amide bonds. The molecule has 2 aliphatic rings. The molecule has 1 unspecified atom stereocenters. The number of rotatable bonds is 3. The third-order valence-electron chi connectivity index (χ3n) is 2.79. The van der Waals surface area contributed by atoms with E-state index >= 15 is 0 Å². The third kappa shape index (κ3) is 3.27. The molecule has 0 spiro atoms. The summed E-state index contributed by atoms with van der Waals surface area (Å²) in [7, 11) is 0. The average molecular weight is 276 g/mol. The topological polar surface area (TPSA) is 88.1 Å². The van der Waals surface area contributed by atoms with Gasteiger partial charge in [-0.1, -0.05) is 0 Å². The quantitative estimate of drug-likeness (QED) is 0.727. The molecule has 2 N–H and O–H groups in total. The van der Waals surface area contributed by atoms with Crippen LogP contribution in [0, 0.1) is 0 Å². The zero-order chi connectivity index (χ0) is 13.0. The summed E-state index contributed by atoms with van der Waals surface area (Å²) in [5.74, 6) is -0.122. The molecule has 2 saturated heterocycles. The van der Waals surface area contributed by atoms with E-state index in [1.54, 1.807) is 0 Å². The van der Waals surface area contributed by atoms with Crippen LogP contribution < -0.4 is 5.32 Å². The summed E-state index contributed by atoms with van der Waals surface area (Å²) in [6.45, 7) is 1.90. The lowest BCUT2D eigenvalue weighted by Crippen LogP contribution is -2.49. The number of urea groups is 1. The van der Waals surface area contributed by atoms with Crippen molar-refractivity contribution in [2.75, 3.05) is 38.0 Å². The minimum absolute atomic E-state index is 0.152. The van der Waals surface area contributed by atoms with E-state index in [1.807, 2.05) is 0 Å². The van der Waals surface area contributed by atoms with Crippen LogP contribution in [0.25, 0.3) is 0 Å². The third-order valence-corrected chi connectivity index (χ3v) is 3.81. The van der Waals surface area contributed by atoms with Crippen LogP contribution in [-0.4, -0.2) is 72.1 Å². The van der Waals surface area contributed by atoms with Gasteiger partial charge in [-0.2, -0.15) is 0 Å². The van der Waals surface area contributed by atoms with Gasteiger partial charge in [-0.05, 0) is 0 Å². The Morgan fingerprint density at radius 3 is 2.94 bits per heavy atom. The summed E-state index contributed by atoms with van der Waals surface area (Å²) >= 11 is 1.44. The van der Waals surface area contributed by atoms with E-state index in [9.17, 15) is 9.59 Å². The molecule has 102 valence electrons. The van der Waals surface area contributed by atoms with E-state index in [4.69, 9.17) is 14.6 Å². The Hall–Kier alpha value is -0.990. The highest BCUT2D eigenvalue weighted by Gasteiger charge is 2.34. The molecule has 0 bridgehead atoms. The minimum atomic E-state index is -0.965. The fourth-order valence-electron chi connectivity index (χ4n) is 1.80. The molecule has 0 aromatic heterocycles. The molecule has 0 aromatic rings. The number of amides is 2. The normalized spacial score (nSPS) is 28.1. The van der Waals surface area contributed by atoms with Gasteiger partial charge in [0.05, 0.1) is 31.8 Å². The number of nitrogens with one attached hydrogen (secondary N) is 1. The molecule has 0 aliphatic carbocycles. The number of hydrogen-bond donors (Lipinski definition) is 2. The monoisotopic (exact) mass is 276 g/mol. The second kappa shape index (κ2) is 6.26. The number of carbonyl (C=O) groups excluding carboxylic acids is 1. The molecule has 0 radical (unpaired) electrons. The van der Waals surface area contributed by atoms with Gasteiger partial charge in [0, 0.05) is 12.3 Å². The predicted molar refractivity (Wildman–Crippen MR) is 64.5 cm³/mol. The highest BCUT2D eigenvalue weighted by atomic mass is 32.2. The highest BCUT2D eigenvalue weighted by molar-refractivity contribution is 7.99. The average Bonchev–Trinajstić information content (AvgIpc) is 2.86. The van der Waals surface area contributed by atoms with Crippen LogP contribution in [0.5, 0.6) is 0 Å². The van der Waals surface area contributed by atoms with E-state index in [0.717, 1.165) is 0 Å². The Kier molecular flexibility index (Phi) is 4.67. The number of thioether (sulfide) groups is 1. The predicted octanol–water partition coefficient (Wildman–Crippen LogP) is -0.429. The van der Waals surface area contributed by atoms with Gasteiger partial charge in [0.15, 0.2) is 0 Å². The van der Waals surface area contributed by atoms with Gasteiger partial charge in [0.1, 0.15) is 6.04 Å². The molecule has 0 aromatic carbocycles. The zero-order valence-electron chi connectivity index (χ0n) is 9.83. The Bertz CT molecular complexity index is 321. The van der Waals surface area contributed by atoms with Crippen LogP contribution >= 0.6 is 11.8 Å². The standard InChI is InChI=1S/C10H16N2O5S/c13-9(14)8-5-18-6-12(8)10(15)11-3-7-4-16-1-2-17-7/h7-8H,1-6H2,(H,11,15)(H,13,14)/t7?,8-/m0/s1. The van der Waals surface area contributed by atoms with Crippen molar-refractivity contribution in [3.8, 4) is 0 Å². The summed E-state index contributed by atoms with van der Waals surface area (Å²) in [5.41, 5.74) is 0. The Balaban J connectivity index is 1.78. The number of aliphatic carboxylic acids is 1. The van der Waals surface area contributed by atoms with Gasteiger partial charge in [0.25, 0.3) is 0 Å². The molecule has 2 heterocycles. The number of nitrogens with zero attached hydrogens (tertiary/aromatic N) is 1. The van der Waals surface area contributed by atoms with Crippen molar-refractivity contribution in [2.24, 2.45) is 0 Å². The summed E-state index contributed by atoms with van der Waals surface area (Å²) in [4.78, 5) is 24.1. The van der Waals surface area contributed by atoms with Gasteiger partial charge in [-0.15, -0.1) is 11.8 Å². The van der Waals surface area contributed by atoms with Crippen molar-refractivity contribution in [1.82, 2.24) is 10.2 Å². The highest BCUT2D eigenvalue weighted by Crippen LogP contribution is 2.20. The fraction of sp³-hybridized carbons (Fsp3) is 0.800. The van der Waals surface area contributed by atoms with Crippen LogP contribution in [0.15, 0.2) is 0 Å². The van der Waals surface area contributed by atoms with Gasteiger partial charge < -0.3 is 24.8 Å². The summed E-state index contributed by atoms with van der Waals surface area (Å²) < 4.78 is 10.6. The number of carboxylic acid groups (broad SMARTS) is 1. The second-order valence-electron chi connectivity index (χ2n) is 4.08. The van der Waals surface area contributed by atoms with E-state index in [1.165, 1.54) is 16.7 Å². The molecule has 2 atom stereocenters. The lowest BCUT2D eigenvalue weighted by Gasteiger charge is -2.25. The van der Waals surface area contributed by atoms with Gasteiger partial charge >= 0.3 is 12.0 Å². The lowest BCUT2D eigenvalue weighted by molar-refractivity contribution is -0.140. The van der Waals surface area contributed by atoms with E-state index in [0.29, 0.717) is 38.0 Å². The first-order valence-electron chi connectivity index (χ1n) is 5.73. The van der Waals surface area contributed by atoms with E-state index in [-0.39, 0.29) is 12.1 Å². The zero-order valence-corrected chi connectivity index (χ0v) is 10.6. The number of carboxylic acids is 1. The molecule has 8 heteroatoms. The molecule has 18 heavy (non-hydrogen) atoms. The first kappa shape index (κ1) is 13.4. The minimum Gasteiger partial charge on any atom is -0.480 e. The molecular formula is C10H16N2O5S. The van der Waals surface area contributed by atoms with Crippen molar-refractivity contribution in [2.45, 2.75) is 12.1 Å². The Morgan fingerprint density at radius 2 is 2.28 bits per heavy atom. The summed E-state index contributed by atoms with van der Waals surface area (Å²) in [6, 6.07) is -1.10. The molecule has 2 rings (SSSR count). The first-order chi connectivity index (χ1) is 8.68. The number of hydrogen-bond acceptors (Lipinski definition) is 5. The van der Waals surface area contributed by atoms with Crippen molar-refractivity contribution in [3.63, 3.8) is 0 Å². The summed E-state index contributed by atoms with van der Waals surface area (Å²) in [6.07, 6.45) is -0.152. The van der Waals surface area contributed by atoms with Crippen LogP contribution in [0.2, 0.25) is 0 Å². The Morgan fingerprint density at radius 1 is 1.44 bits per heavy atom. The molecule has 2 fully saturated rings. The maximum atomic E-state index is 11.8. The van der Waals surface area contributed by atoms with Gasteiger partial charge in [-0.25, -0.2) is 9.59 Å². The number of carbonyl (C=O) groups is 2. The van der Waals surface area contributed by atoms with E-state index in [2.05, 4.69) is 5.32 Å². The van der Waals surface area contributed by atoms with Gasteiger partial charge in [-0.3, -0.25) is 0 Å². The SMILES string of the molecule is O=C(O)[C@@H]1CSCN1C(=O)NCC1COCCO1.